The quantitative estimate of drug-likeness (QED) is 0.647. The summed E-state index contributed by atoms with van der Waals surface area (Å²) in [6.07, 6.45) is 0. The van der Waals surface area contributed by atoms with Crippen LogP contribution in [-0.2, 0) is 11.3 Å². The van der Waals surface area contributed by atoms with E-state index in [1.807, 2.05) is 13.0 Å². The van der Waals surface area contributed by atoms with Gasteiger partial charge >= 0.3 is 0 Å². The molecule has 0 fully saturated rings. The average molecular weight is 363 g/mol. The molecule has 8 heteroatoms. The topological polar surface area (TPSA) is 109 Å². The molecule has 3 aromatic rings. The number of fused-ring (bicyclic) bond motifs is 1. The lowest BCUT2D eigenvalue weighted by molar-refractivity contribution is -0.122. The molecule has 136 valence electrons. The van der Waals surface area contributed by atoms with Gasteiger partial charge < -0.3 is 4.74 Å². The molecule has 0 radical (unpaired) electrons. The molecule has 0 bridgehead atoms. The number of para-hydroxylation sites is 1. The van der Waals surface area contributed by atoms with E-state index in [-0.39, 0.29) is 18.1 Å². The minimum Gasteiger partial charge on any atom is -0.484 e. The highest BCUT2D eigenvalue weighted by Crippen LogP contribution is 2.12. The van der Waals surface area contributed by atoms with Gasteiger partial charge in [-0.1, -0.05) is 12.1 Å². The minimum atomic E-state index is -0.440. The predicted octanol–water partition coefficient (Wildman–Crippen LogP) is 1.81. The zero-order valence-corrected chi connectivity index (χ0v) is 14.6. The molecular weight excluding hydrogens is 346 g/mol. The van der Waals surface area contributed by atoms with Gasteiger partial charge in [-0.05, 0) is 43.3 Å². The van der Waals surface area contributed by atoms with E-state index in [1.54, 1.807) is 48.5 Å². The van der Waals surface area contributed by atoms with Crippen LogP contribution in [0.25, 0.3) is 10.9 Å². The molecule has 1 aromatic heterocycles. The summed E-state index contributed by atoms with van der Waals surface area (Å²) >= 11 is 0. The lowest BCUT2D eigenvalue weighted by atomic mass is 10.2. The number of carbonyl (C=O) groups excluding carboxylic acids is 1. The maximum atomic E-state index is 12.5. The molecule has 0 saturated heterocycles. The molecule has 1 amide bonds. The summed E-state index contributed by atoms with van der Waals surface area (Å²) in [7, 11) is 0. The van der Waals surface area contributed by atoms with Gasteiger partial charge in [-0.3, -0.25) is 25.0 Å². The van der Waals surface area contributed by atoms with Crippen molar-refractivity contribution in [1.29, 1.82) is 5.26 Å². The summed E-state index contributed by atoms with van der Waals surface area (Å²) in [5.41, 5.74) is 6.01. The van der Waals surface area contributed by atoms with Crippen LogP contribution in [0.5, 0.6) is 5.75 Å². The number of nitrogens with one attached hydrogen (secondary N) is 2. The van der Waals surface area contributed by atoms with E-state index in [2.05, 4.69) is 15.8 Å². The second-order valence-corrected chi connectivity index (χ2v) is 5.60. The van der Waals surface area contributed by atoms with Gasteiger partial charge in [-0.2, -0.15) is 5.26 Å². The standard InChI is InChI=1S/C19H17N5O3/c1-2-24-18(26)15-5-3-4-6-16(15)21-19(24)23-22-17(25)12-27-14-9-7-13(11-20)8-10-14/h3-10H,2,12H2,1H3,(H,21,23)(H,22,25). The minimum absolute atomic E-state index is 0.186. The van der Waals surface area contributed by atoms with Crippen molar-refractivity contribution in [2.45, 2.75) is 13.5 Å². The number of nitriles is 1. The Labute approximate surface area is 155 Å². The molecule has 0 unspecified atom stereocenters. The Bertz CT molecular complexity index is 1070. The number of carbonyl (C=O) groups is 1. The summed E-state index contributed by atoms with van der Waals surface area (Å²) in [4.78, 5) is 28.9. The molecular formula is C19H17N5O3. The molecule has 0 aliphatic rings. The van der Waals surface area contributed by atoms with E-state index < -0.39 is 5.91 Å². The molecule has 0 spiro atoms. The van der Waals surface area contributed by atoms with Crippen LogP contribution < -0.4 is 21.1 Å². The molecule has 27 heavy (non-hydrogen) atoms. The Kier molecular flexibility index (Phi) is 5.33. The summed E-state index contributed by atoms with van der Waals surface area (Å²) in [6, 6.07) is 15.4. The van der Waals surface area contributed by atoms with E-state index in [9.17, 15) is 9.59 Å². The van der Waals surface area contributed by atoms with Crippen molar-refractivity contribution in [2.24, 2.45) is 0 Å². The number of hydrogen-bond acceptors (Lipinski definition) is 6. The number of ether oxygens (including phenoxy) is 1. The fourth-order valence-corrected chi connectivity index (χ4v) is 2.49. The van der Waals surface area contributed by atoms with Crippen LogP contribution in [0.15, 0.2) is 53.3 Å². The largest absolute Gasteiger partial charge is 0.484 e. The molecule has 8 nitrogen and oxygen atoms in total. The third-order valence-electron chi connectivity index (χ3n) is 3.84. The first-order valence-electron chi connectivity index (χ1n) is 8.29. The Balaban J connectivity index is 1.66. The van der Waals surface area contributed by atoms with Crippen LogP contribution >= 0.6 is 0 Å². The van der Waals surface area contributed by atoms with Crippen molar-refractivity contribution < 1.29 is 9.53 Å². The normalized spacial score (nSPS) is 10.2. The number of anilines is 1. The van der Waals surface area contributed by atoms with Gasteiger partial charge in [0, 0.05) is 6.54 Å². The molecule has 0 atom stereocenters. The number of nitrogens with zero attached hydrogens (tertiary/aromatic N) is 3. The monoisotopic (exact) mass is 363 g/mol. The zero-order valence-electron chi connectivity index (χ0n) is 14.6. The number of hydrogen-bond donors (Lipinski definition) is 2. The first-order valence-corrected chi connectivity index (χ1v) is 8.29. The fourth-order valence-electron chi connectivity index (χ4n) is 2.49. The lowest BCUT2D eigenvalue weighted by Gasteiger charge is -2.14. The second kappa shape index (κ2) is 8.01. The van der Waals surface area contributed by atoms with Crippen molar-refractivity contribution >= 4 is 22.8 Å². The summed E-state index contributed by atoms with van der Waals surface area (Å²) < 4.78 is 6.79. The van der Waals surface area contributed by atoms with E-state index in [1.165, 1.54) is 4.57 Å². The van der Waals surface area contributed by atoms with Gasteiger partial charge in [0.25, 0.3) is 11.5 Å². The van der Waals surface area contributed by atoms with E-state index >= 15 is 0 Å². The smallest absolute Gasteiger partial charge is 0.276 e. The molecule has 0 saturated carbocycles. The first kappa shape index (κ1) is 17.9. The molecule has 2 aromatic carbocycles. The van der Waals surface area contributed by atoms with Crippen molar-refractivity contribution in [1.82, 2.24) is 15.0 Å². The lowest BCUT2D eigenvalue weighted by Crippen LogP contribution is -2.37. The maximum absolute atomic E-state index is 12.5. The number of hydrazine groups is 1. The van der Waals surface area contributed by atoms with E-state index in [4.69, 9.17) is 10.00 Å². The summed E-state index contributed by atoms with van der Waals surface area (Å²) in [5.74, 6) is 0.274. The Morgan fingerprint density at radius 1 is 1.22 bits per heavy atom. The van der Waals surface area contributed by atoms with Gasteiger partial charge in [0.1, 0.15) is 5.75 Å². The number of aromatic nitrogens is 2. The first-order chi connectivity index (χ1) is 13.1. The molecule has 0 aliphatic carbocycles. The highest BCUT2D eigenvalue weighted by atomic mass is 16.5. The summed E-state index contributed by atoms with van der Waals surface area (Å²) in [6.45, 7) is 1.98. The average Bonchev–Trinajstić information content (AvgIpc) is 2.71. The molecule has 0 aliphatic heterocycles. The highest BCUT2D eigenvalue weighted by molar-refractivity contribution is 5.80. The number of rotatable bonds is 6. The van der Waals surface area contributed by atoms with Gasteiger partial charge in [-0.15, -0.1) is 0 Å². The molecule has 1 heterocycles. The van der Waals surface area contributed by atoms with Crippen molar-refractivity contribution in [3.05, 3.63) is 64.4 Å². The van der Waals surface area contributed by atoms with Crippen LogP contribution in [0.3, 0.4) is 0 Å². The van der Waals surface area contributed by atoms with Crippen molar-refractivity contribution in [3.8, 4) is 11.8 Å². The van der Waals surface area contributed by atoms with Crippen LogP contribution in [0.1, 0.15) is 12.5 Å². The number of benzene rings is 2. The Morgan fingerprint density at radius 2 is 1.96 bits per heavy atom. The maximum Gasteiger partial charge on any atom is 0.276 e. The van der Waals surface area contributed by atoms with Gasteiger partial charge in [0.2, 0.25) is 5.95 Å². The van der Waals surface area contributed by atoms with Gasteiger partial charge in [0.05, 0.1) is 22.5 Å². The Hall–Kier alpha value is -3.86. The van der Waals surface area contributed by atoms with Crippen LogP contribution in [0.4, 0.5) is 5.95 Å². The third kappa shape index (κ3) is 4.04. The molecule has 3 rings (SSSR count). The summed E-state index contributed by atoms with van der Waals surface area (Å²) in [5, 5.41) is 9.27. The highest BCUT2D eigenvalue weighted by Gasteiger charge is 2.10. The van der Waals surface area contributed by atoms with Crippen LogP contribution in [-0.4, -0.2) is 22.1 Å². The zero-order chi connectivity index (χ0) is 19.2. The third-order valence-corrected chi connectivity index (χ3v) is 3.84. The van der Waals surface area contributed by atoms with Crippen molar-refractivity contribution in [3.63, 3.8) is 0 Å². The SMILES string of the molecule is CCn1c(NNC(=O)COc2ccc(C#N)cc2)nc2ccccc2c1=O. The van der Waals surface area contributed by atoms with Gasteiger partial charge in [0.15, 0.2) is 6.61 Å². The van der Waals surface area contributed by atoms with Crippen LogP contribution in [0.2, 0.25) is 0 Å². The molecule has 2 N–H and O–H groups in total. The second-order valence-electron chi connectivity index (χ2n) is 5.60. The fraction of sp³-hybridized carbons (Fsp3) is 0.158. The predicted molar refractivity (Wildman–Crippen MR) is 100 cm³/mol. The van der Waals surface area contributed by atoms with Gasteiger partial charge in [-0.25, -0.2) is 4.98 Å². The van der Waals surface area contributed by atoms with Crippen molar-refractivity contribution in [2.75, 3.05) is 12.0 Å². The number of amides is 1. The van der Waals surface area contributed by atoms with E-state index in [0.717, 1.165) is 0 Å². The Morgan fingerprint density at radius 3 is 2.67 bits per heavy atom. The van der Waals surface area contributed by atoms with E-state index in [0.29, 0.717) is 28.8 Å². The van der Waals surface area contributed by atoms with Crippen LogP contribution in [0, 0.1) is 11.3 Å².